The van der Waals surface area contributed by atoms with Gasteiger partial charge < -0.3 is 19.7 Å². The second kappa shape index (κ2) is 11.1. The van der Waals surface area contributed by atoms with Gasteiger partial charge in [-0.15, -0.1) is 0 Å². The summed E-state index contributed by atoms with van der Waals surface area (Å²) < 4.78 is 2.29. The summed E-state index contributed by atoms with van der Waals surface area (Å²) in [5.41, 5.74) is 1.90. The molecule has 0 aliphatic carbocycles. The predicted molar refractivity (Wildman–Crippen MR) is 128 cm³/mol. The summed E-state index contributed by atoms with van der Waals surface area (Å²) in [4.78, 5) is 31.5. The van der Waals surface area contributed by atoms with E-state index >= 15 is 0 Å². The van der Waals surface area contributed by atoms with Crippen LogP contribution < -0.4 is 10.2 Å². The third-order valence-corrected chi connectivity index (χ3v) is 7.04. The Hall–Kier alpha value is -2.22. The van der Waals surface area contributed by atoms with Gasteiger partial charge in [-0.25, -0.2) is 15.0 Å². The van der Waals surface area contributed by atoms with Crippen molar-refractivity contribution in [1.82, 2.24) is 29.7 Å². The Labute approximate surface area is 191 Å². The van der Waals surface area contributed by atoms with Gasteiger partial charge in [-0.2, -0.15) is 0 Å². The summed E-state index contributed by atoms with van der Waals surface area (Å²) in [6.07, 6.45) is 10.5. The van der Waals surface area contributed by atoms with Gasteiger partial charge in [-0.1, -0.05) is 26.7 Å². The lowest BCUT2D eigenvalue weighted by atomic mass is 9.96. The second-order valence-corrected chi connectivity index (χ2v) is 9.20. The van der Waals surface area contributed by atoms with Crippen LogP contribution in [0.15, 0.2) is 6.33 Å². The zero-order valence-electron chi connectivity index (χ0n) is 19.9. The molecule has 1 fully saturated rings. The largest absolute Gasteiger partial charge is 0.355 e. The Balaban J connectivity index is 1.32. The molecule has 2 aromatic rings. The van der Waals surface area contributed by atoms with E-state index in [1.54, 1.807) is 6.33 Å². The molecule has 176 valence electrons. The van der Waals surface area contributed by atoms with E-state index in [9.17, 15) is 4.79 Å². The highest BCUT2D eigenvalue weighted by Gasteiger charge is 2.28. The number of unbranched alkanes of at least 4 members (excludes halogenated alkanes) is 1. The quantitative estimate of drug-likeness (QED) is 0.644. The van der Waals surface area contributed by atoms with Crippen molar-refractivity contribution in [2.24, 2.45) is 5.92 Å². The van der Waals surface area contributed by atoms with Crippen LogP contribution in [0.3, 0.4) is 0 Å². The summed E-state index contributed by atoms with van der Waals surface area (Å²) >= 11 is 0. The minimum absolute atomic E-state index is 0.0908. The van der Waals surface area contributed by atoms with Crippen molar-refractivity contribution in [3.63, 3.8) is 0 Å². The fourth-order valence-electron chi connectivity index (χ4n) is 5.00. The highest BCUT2D eigenvalue weighted by molar-refractivity contribution is 5.84. The van der Waals surface area contributed by atoms with E-state index in [4.69, 9.17) is 4.98 Å². The number of hydrogen-bond acceptors (Lipinski definition) is 6. The van der Waals surface area contributed by atoms with Crippen LogP contribution in [-0.2, 0) is 17.8 Å². The van der Waals surface area contributed by atoms with E-state index in [1.807, 2.05) is 0 Å². The van der Waals surface area contributed by atoms with E-state index in [1.165, 1.54) is 32.1 Å². The van der Waals surface area contributed by atoms with Crippen molar-refractivity contribution in [1.29, 1.82) is 0 Å². The van der Waals surface area contributed by atoms with E-state index < -0.39 is 0 Å². The van der Waals surface area contributed by atoms with E-state index in [0.29, 0.717) is 0 Å². The van der Waals surface area contributed by atoms with Gasteiger partial charge in [0.25, 0.3) is 0 Å². The number of rotatable bonds is 9. The maximum Gasteiger partial charge on any atom is 0.223 e. The monoisotopic (exact) mass is 441 g/mol. The van der Waals surface area contributed by atoms with Gasteiger partial charge in [0.1, 0.15) is 12.2 Å². The summed E-state index contributed by atoms with van der Waals surface area (Å²) in [6, 6.07) is 0. The Morgan fingerprint density at radius 3 is 2.75 bits per heavy atom. The normalized spacial score (nSPS) is 17.5. The van der Waals surface area contributed by atoms with E-state index in [0.717, 1.165) is 87.9 Å². The molecule has 0 saturated carbocycles. The lowest BCUT2D eigenvalue weighted by Crippen LogP contribution is -2.43. The van der Waals surface area contributed by atoms with Crippen LogP contribution in [0.2, 0.25) is 0 Å². The van der Waals surface area contributed by atoms with E-state index in [-0.39, 0.29) is 11.8 Å². The minimum Gasteiger partial charge on any atom is -0.355 e. The number of nitrogens with one attached hydrogen (secondary N) is 1. The standard InChI is InChI=1S/C24H39N7O/c1-3-5-13-29(4-2)17-12-25-24(32)19-10-15-30(16-11-19)22-21-23(27-18-26-22)31-14-8-6-7-9-20(31)28-21/h18-19H,3-17H2,1-2H3,(H,25,32). The van der Waals surface area contributed by atoms with Crippen molar-refractivity contribution >= 4 is 22.9 Å². The number of likely N-dealkylation sites (N-methyl/N-ethyl adjacent to an activating group) is 1. The molecule has 0 spiro atoms. The van der Waals surface area contributed by atoms with Gasteiger partial charge in [0.15, 0.2) is 17.0 Å². The number of imidazole rings is 1. The molecule has 1 amide bonds. The zero-order chi connectivity index (χ0) is 22.3. The molecular formula is C24H39N7O. The summed E-state index contributed by atoms with van der Waals surface area (Å²) in [6.45, 7) is 10.9. The van der Waals surface area contributed by atoms with Crippen LogP contribution >= 0.6 is 0 Å². The molecular weight excluding hydrogens is 402 g/mol. The summed E-state index contributed by atoms with van der Waals surface area (Å²) in [7, 11) is 0. The number of amides is 1. The molecule has 4 rings (SSSR count). The minimum atomic E-state index is 0.0908. The fraction of sp³-hybridized carbons (Fsp3) is 0.750. The Morgan fingerprint density at radius 1 is 1.12 bits per heavy atom. The number of carbonyl (C=O) groups is 1. The van der Waals surface area contributed by atoms with Crippen LogP contribution in [0.1, 0.15) is 64.6 Å². The number of aryl methyl sites for hydroxylation is 2. The number of hydrogen-bond donors (Lipinski definition) is 1. The van der Waals surface area contributed by atoms with Crippen LogP contribution in [-0.4, -0.2) is 69.6 Å². The third-order valence-electron chi connectivity index (χ3n) is 7.04. The van der Waals surface area contributed by atoms with Crippen molar-refractivity contribution in [3.05, 3.63) is 12.2 Å². The second-order valence-electron chi connectivity index (χ2n) is 9.20. The molecule has 1 saturated heterocycles. The van der Waals surface area contributed by atoms with Gasteiger partial charge >= 0.3 is 0 Å². The first-order valence-electron chi connectivity index (χ1n) is 12.7. The molecule has 1 N–H and O–H groups in total. The third kappa shape index (κ3) is 5.22. The SMILES string of the molecule is CCCCN(CC)CCNC(=O)C1CCN(c2ncnc3c2nc2n3CCCCC2)CC1. The number of aromatic nitrogens is 4. The smallest absolute Gasteiger partial charge is 0.223 e. The maximum atomic E-state index is 12.7. The molecule has 8 heteroatoms. The Bertz CT molecular complexity index is 888. The number of nitrogens with zero attached hydrogens (tertiary/aromatic N) is 6. The van der Waals surface area contributed by atoms with E-state index in [2.05, 4.69) is 43.5 Å². The molecule has 2 aliphatic rings. The predicted octanol–water partition coefficient (Wildman–Crippen LogP) is 3.01. The lowest BCUT2D eigenvalue weighted by molar-refractivity contribution is -0.125. The first-order chi connectivity index (χ1) is 15.7. The van der Waals surface area contributed by atoms with Gasteiger partial charge in [0.2, 0.25) is 5.91 Å². The van der Waals surface area contributed by atoms with Crippen molar-refractivity contribution in [3.8, 4) is 0 Å². The van der Waals surface area contributed by atoms with Crippen molar-refractivity contribution in [2.75, 3.05) is 44.2 Å². The van der Waals surface area contributed by atoms with Crippen molar-refractivity contribution in [2.45, 2.75) is 71.8 Å². The molecule has 2 aromatic heterocycles. The molecule has 32 heavy (non-hydrogen) atoms. The van der Waals surface area contributed by atoms with Crippen LogP contribution in [0.25, 0.3) is 11.2 Å². The average Bonchev–Trinajstić information content (AvgIpc) is 3.02. The van der Waals surface area contributed by atoms with Gasteiger partial charge in [-0.05, 0) is 45.2 Å². The molecule has 2 aliphatic heterocycles. The molecule has 0 radical (unpaired) electrons. The number of fused-ring (bicyclic) bond motifs is 3. The van der Waals surface area contributed by atoms with Gasteiger partial charge in [-0.3, -0.25) is 4.79 Å². The molecule has 0 aromatic carbocycles. The molecule has 4 heterocycles. The summed E-state index contributed by atoms with van der Waals surface area (Å²) in [5.74, 6) is 2.38. The topological polar surface area (TPSA) is 79.2 Å². The Morgan fingerprint density at radius 2 is 1.97 bits per heavy atom. The molecule has 0 unspecified atom stereocenters. The maximum absolute atomic E-state index is 12.7. The average molecular weight is 442 g/mol. The fourth-order valence-corrected chi connectivity index (χ4v) is 5.00. The zero-order valence-corrected chi connectivity index (χ0v) is 19.9. The lowest BCUT2D eigenvalue weighted by Gasteiger charge is -2.32. The highest BCUT2D eigenvalue weighted by atomic mass is 16.1. The van der Waals surface area contributed by atoms with Gasteiger partial charge in [0, 0.05) is 45.1 Å². The highest BCUT2D eigenvalue weighted by Crippen LogP contribution is 2.29. The first-order valence-corrected chi connectivity index (χ1v) is 12.7. The van der Waals surface area contributed by atoms with Crippen molar-refractivity contribution < 1.29 is 4.79 Å². The van der Waals surface area contributed by atoms with Gasteiger partial charge in [0.05, 0.1) is 0 Å². The number of piperidine rings is 1. The Kier molecular flexibility index (Phi) is 7.95. The first kappa shape index (κ1) is 23.0. The summed E-state index contributed by atoms with van der Waals surface area (Å²) in [5, 5.41) is 3.18. The van der Waals surface area contributed by atoms with Crippen LogP contribution in [0.5, 0.6) is 0 Å². The number of carbonyl (C=O) groups excluding carboxylic acids is 1. The van der Waals surface area contributed by atoms with Crippen LogP contribution in [0, 0.1) is 5.92 Å². The molecule has 8 nitrogen and oxygen atoms in total. The molecule has 0 bridgehead atoms. The van der Waals surface area contributed by atoms with Crippen LogP contribution in [0.4, 0.5) is 5.82 Å². The number of anilines is 1. The molecule has 0 atom stereocenters.